The van der Waals surface area contributed by atoms with Crippen LogP contribution in [0.1, 0.15) is 51.6 Å². The molecule has 5 aromatic heterocycles. The largest absolute Gasteiger partial charge is 0.346 e. The molecule has 5 aromatic rings. The number of amides is 1. The van der Waals surface area contributed by atoms with Crippen molar-refractivity contribution >= 4 is 28.7 Å². The average Bonchev–Trinajstić information content (AvgIpc) is 3.25. The molecular formula is C24H19ClN8O. The Balaban J connectivity index is 1.16. The zero-order valence-corrected chi connectivity index (χ0v) is 18.8. The lowest BCUT2D eigenvalue weighted by Crippen LogP contribution is -2.22. The highest BCUT2D eigenvalue weighted by molar-refractivity contribution is 6.30. The zero-order valence-electron chi connectivity index (χ0n) is 18.0. The first kappa shape index (κ1) is 20.4. The van der Waals surface area contributed by atoms with E-state index in [1.165, 1.54) is 24.6 Å². The number of aromatic nitrogens is 6. The highest BCUT2D eigenvalue weighted by Crippen LogP contribution is 2.40. The highest BCUT2D eigenvalue weighted by Gasteiger charge is 2.25. The van der Waals surface area contributed by atoms with Crippen molar-refractivity contribution in [3.8, 4) is 6.07 Å². The third kappa shape index (κ3) is 3.78. The summed E-state index contributed by atoms with van der Waals surface area (Å²) in [4.78, 5) is 21.6. The van der Waals surface area contributed by atoms with E-state index in [1.54, 1.807) is 23.3 Å². The first-order chi connectivity index (χ1) is 16.6. The second kappa shape index (κ2) is 8.01. The van der Waals surface area contributed by atoms with Gasteiger partial charge in [0.15, 0.2) is 5.65 Å². The Kier molecular flexibility index (Phi) is 4.81. The van der Waals surface area contributed by atoms with E-state index < -0.39 is 0 Å². The van der Waals surface area contributed by atoms with Crippen molar-refractivity contribution in [3.05, 3.63) is 88.6 Å². The molecule has 0 atom stereocenters. The van der Waals surface area contributed by atoms with Crippen LogP contribution in [0.3, 0.4) is 0 Å². The SMILES string of the molecule is N#Cc1cc(C2CC2)cn2cc(Cn3cc(C(=O)NCc4ncn5ccc(Cl)cc45)cn3)nc12. The number of carbonyl (C=O) groups excluding carboxylic acids is 1. The summed E-state index contributed by atoms with van der Waals surface area (Å²) in [6.45, 7) is 0.663. The fourth-order valence-corrected chi connectivity index (χ4v) is 4.28. The number of imidazole rings is 2. The molecule has 34 heavy (non-hydrogen) atoms. The summed E-state index contributed by atoms with van der Waals surface area (Å²) in [5.41, 5.74) is 5.17. The molecule has 0 aliphatic heterocycles. The van der Waals surface area contributed by atoms with Gasteiger partial charge in [0.05, 0.1) is 53.6 Å². The van der Waals surface area contributed by atoms with Gasteiger partial charge in [0.2, 0.25) is 0 Å². The highest BCUT2D eigenvalue weighted by atomic mass is 35.5. The monoisotopic (exact) mass is 470 g/mol. The van der Waals surface area contributed by atoms with Crippen LogP contribution in [0.5, 0.6) is 0 Å². The Bertz CT molecular complexity index is 1600. The normalized spacial score (nSPS) is 13.4. The number of nitriles is 1. The molecule has 0 unspecified atom stereocenters. The lowest BCUT2D eigenvalue weighted by Gasteiger charge is -2.02. The van der Waals surface area contributed by atoms with Crippen LogP contribution in [0.25, 0.3) is 11.2 Å². The van der Waals surface area contributed by atoms with E-state index in [4.69, 9.17) is 11.6 Å². The molecular weight excluding hydrogens is 452 g/mol. The molecule has 0 spiro atoms. The average molecular weight is 471 g/mol. The van der Waals surface area contributed by atoms with Gasteiger partial charge in [-0.05, 0) is 42.5 Å². The number of nitrogens with one attached hydrogen (secondary N) is 1. The van der Waals surface area contributed by atoms with Crippen molar-refractivity contribution in [2.75, 3.05) is 0 Å². The number of rotatable bonds is 6. The quantitative estimate of drug-likeness (QED) is 0.408. The van der Waals surface area contributed by atoms with Crippen LogP contribution in [0.4, 0.5) is 0 Å². The summed E-state index contributed by atoms with van der Waals surface area (Å²) in [5.74, 6) is 0.303. The minimum atomic E-state index is -0.245. The molecule has 5 heterocycles. The van der Waals surface area contributed by atoms with E-state index in [-0.39, 0.29) is 12.5 Å². The van der Waals surface area contributed by atoms with Gasteiger partial charge in [-0.2, -0.15) is 10.4 Å². The fraction of sp³-hybridized carbons (Fsp3) is 0.208. The van der Waals surface area contributed by atoms with Gasteiger partial charge < -0.3 is 14.1 Å². The molecule has 1 aliphatic carbocycles. The maximum atomic E-state index is 12.7. The Labute approximate surface area is 199 Å². The van der Waals surface area contributed by atoms with Crippen LogP contribution >= 0.6 is 11.6 Å². The molecule has 1 saturated carbocycles. The second-order valence-electron chi connectivity index (χ2n) is 8.47. The predicted molar refractivity (Wildman–Crippen MR) is 125 cm³/mol. The van der Waals surface area contributed by atoms with E-state index in [9.17, 15) is 10.1 Å². The van der Waals surface area contributed by atoms with Crippen LogP contribution in [0.2, 0.25) is 5.02 Å². The lowest BCUT2D eigenvalue weighted by atomic mass is 10.1. The third-order valence-corrected chi connectivity index (χ3v) is 6.24. The Hall–Kier alpha value is -4.16. The second-order valence-corrected chi connectivity index (χ2v) is 8.91. The van der Waals surface area contributed by atoms with E-state index in [0.29, 0.717) is 34.3 Å². The minimum absolute atomic E-state index is 0.245. The van der Waals surface area contributed by atoms with E-state index in [2.05, 4.69) is 32.6 Å². The number of fused-ring (bicyclic) bond motifs is 2. The first-order valence-corrected chi connectivity index (χ1v) is 11.3. The van der Waals surface area contributed by atoms with Crippen molar-refractivity contribution in [1.29, 1.82) is 5.26 Å². The third-order valence-electron chi connectivity index (χ3n) is 6.01. The molecule has 1 fully saturated rings. The molecule has 1 amide bonds. The number of hydrogen-bond acceptors (Lipinski definition) is 5. The van der Waals surface area contributed by atoms with Crippen molar-refractivity contribution in [1.82, 2.24) is 33.9 Å². The fourth-order valence-electron chi connectivity index (χ4n) is 4.12. The van der Waals surface area contributed by atoms with Gasteiger partial charge in [-0.25, -0.2) is 9.97 Å². The topological polar surface area (TPSA) is 105 Å². The molecule has 0 radical (unpaired) electrons. The number of halogens is 1. The minimum Gasteiger partial charge on any atom is -0.346 e. The van der Waals surface area contributed by atoms with Crippen molar-refractivity contribution in [2.45, 2.75) is 31.8 Å². The summed E-state index contributed by atoms with van der Waals surface area (Å²) in [7, 11) is 0. The summed E-state index contributed by atoms with van der Waals surface area (Å²) in [5, 5.41) is 17.3. The summed E-state index contributed by atoms with van der Waals surface area (Å²) in [6.07, 6.45) is 13.0. The van der Waals surface area contributed by atoms with Gasteiger partial charge in [0.25, 0.3) is 5.91 Å². The van der Waals surface area contributed by atoms with Gasteiger partial charge in [-0.3, -0.25) is 9.48 Å². The Morgan fingerprint density at radius 3 is 2.94 bits per heavy atom. The number of hydrogen-bond donors (Lipinski definition) is 1. The van der Waals surface area contributed by atoms with Gasteiger partial charge in [0.1, 0.15) is 6.07 Å². The summed E-state index contributed by atoms with van der Waals surface area (Å²) < 4.78 is 5.43. The van der Waals surface area contributed by atoms with Gasteiger partial charge in [-0.15, -0.1) is 0 Å². The van der Waals surface area contributed by atoms with Crippen LogP contribution in [-0.4, -0.2) is 34.5 Å². The van der Waals surface area contributed by atoms with E-state index >= 15 is 0 Å². The number of carbonyl (C=O) groups is 1. The van der Waals surface area contributed by atoms with Crippen LogP contribution < -0.4 is 5.32 Å². The molecule has 0 saturated heterocycles. The Morgan fingerprint density at radius 2 is 2.12 bits per heavy atom. The van der Waals surface area contributed by atoms with Crippen LogP contribution in [0.15, 0.2) is 55.5 Å². The molecule has 168 valence electrons. The Morgan fingerprint density at radius 1 is 1.24 bits per heavy atom. The van der Waals surface area contributed by atoms with E-state index in [1.807, 2.05) is 33.3 Å². The number of pyridine rings is 2. The number of nitrogens with zero attached hydrogens (tertiary/aromatic N) is 7. The standard InChI is InChI=1S/C24H19ClN8O/c25-19-3-4-31-14-28-21(22(31)6-19)9-27-24(34)18-8-29-33(11-18)13-20-12-32-10-17(15-1-2-15)5-16(7-26)23(32)30-20/h3-6,8,10-12,14-15H,1-2,9,13H2,(H,27,34). The summed E-state index contributed by atoms with van der Waals surface area (Å²) in [6, 6.07) is 7.79. The molecule has 0 aromatic carbocycles. The molecule has 1 aliphatic rings. The van der Waals surface area contributed by atoms with Crippen molar-refractivity contribution in [2.24, 2.45) is 0 Å². The lowest BCUT2D eigenvalue weighted by molar-refractivity contribution is 0.0950. The van der Waals surface area contributed by atoms with Crippen molar-refractivity contribution in [3.63, 3.8) is 0 Å². The van der Waals surface area contributed by atoms with Gasteiger partial charge in [-0.1, -0.05) is 11.6 Å². The first-order valence-electron chi connectivity index (χ1n) is 10.9. The molecule has 10 heteroatoms. The smallest absolute Gasteiger partial charge is 0.254 e. The molecule has 6 rings (SSSR count). The van der Waals surface area contributed by atoms with Crippen LogP contribution in [-0.2, 0) is 13.1 Å². The van der Waals surface area contributed by atoms with Gasteiger partial charge in [0, 0.05) is 29.8 Å². The maximum absolute atomic E-state index is 12.7. The molecule has 9 nitrogen and oxygen atoms in total. The maximum Gasteiger partial charge on any atom is 0.254 e. The van der Waals surface area contributed by atoms with Crippen molar-refractivity contribution < 1.29 is 4.79 Å². The van der Waals surface area contributed by atoms with E-state index in [0.717, 1.165) is 16.9 Å². The predicted octanol–water partition coefficient (Wildman–Crippen LogP) is 3.56. The van der Waals surface area contributed by atoms with Crippen LogP contribution in [0, 0.1) is 11.3 Å². The molecule has 1 N–H and O–H groups in total. The summed E-state index contributed by atoms with van der Waals surface area (Å²) >= 11 is 6.08. The zero-order chi connectivity index (χ0) is 23.2. The molecule has 0 bridgehead atoms. The van der Waals surface area contributed by atoms with Gasteiger partial charge >= 0.3 is 0 Å².